The van der Waals surface area contributed by atoms with Crippen molar-refractivity contribution in [1.29, 1.82) is 0 Å². The SMILES string of the molecule is CC(=O)N[C@@H](CO)C(=O)N[C@H]([C]=O)CC(=O)O. The van der Waals surface area contributed by atoms with E-state index >= 15 is 0 Å². The molecule has 0 aliphatic rings. The molecule has 17 heavy (non-hydrogen) atoms. The fourth-order valence-corrected chi connectivity index (χ4v) is 1.01. The highest BCUT2D eigenvalue weighted by Gasteiger charge is 2.22. The van der Waals surface area contributed by atoms with E-state index in [1.54, 1.807) is 0 Å². The summed E-state index contributed by atoms with van der Waals surface area (Å²) in [7, 11) is 0. The summed E-state index contributed by atoms with van der Waals surface area (Å²) in [6.45, 7) is 0.487. The number of amides is 2. The van der Waals surface area contributed by atoms with Gasteiger partial charge in [-0.1, -0.05) is 0 Å². The summed E-state index contributed by atoms with van der Waals surface area (Å²) in [5, 5.41) is 21.4. The molecule has 1 radical (unpaired) electrons. The molecule has 0 bridgehead atoms. The molecule has 8 heteroatoms. The highest BCUT2D eigenvalue weighted by atomic mass is 16.4. The lowest BCUT2D eigenvalue weighted by Crippen LogP contribution is -2.51. The van der Waals surface area contributed by atoms with Gasteiger partial charge in [0.25, 0.3) is 0 Å². The Morgan fingerprint density at radius 3 is 2.24 bits per heavy atom. The van der Waals surface area contributed by atoms with Crippen LogP contribution in [-0.2, 0) is 19.2 Å². The average molecular weight is 245 g/mol. The van der Waals surface area contributed by atoms with E-state index in [9.17, 15) is 19.2 Å². The number of hydrogen-bond donors (Lipinski definition) is 4. The zero-order valence-corrected chi connectivity index (χ0v) is 9.10. The van der Waals surface area contributed by atoms with Gasteiger partial charge in [-0.05, 0) is 0 Å². The molecule has 0 fully saturated rings. The molecule has 0 aliphatic carbocycles. The van der Waals surface area contributed by atoms with Crippen LogP contribution in [0.25, 0.3) is 0 Å². The van der Waals surface area contributed by atoms with Gasteiger partial charge in [-0.3, -0.25) is 19.2 Å². The molecule has 2 atom stereocenters. The van der Waals surface area contributed by atoms with Crippen LogP contribution in [0, 0.1) is 0 Å². The van der Waals surface area contributed by atoms with Gasteiger partial charge in [0.05, 0.1) is 13.0 Å². The summed E-state index contributed by atoms with van der Waals surface area (Å²) >= 11 is 0. The maximum atomic E-state index is 11.4. The lowest BCUT2D eigenvalue weighted by molar-refractivity contribution is -0.137. The fraction of sp³-hybridized carbons (Fsp3) is 0.556. The third-order valence-electron chi connectivity index (χ3n) is 1.71. The molecule has 0 spiro atoms. The second-order valence-electron chi connectivity index (χ2n) is 3.21. The van der Waals surface area contributed by atoms with E-state index in [1.165, 1.54) is 6.29 Å². The van der Waals surface area contributed by atoms with E-state index < -0.39 is 42.9 Å². The Hall–Kier alpha value is -1.96. The van der Waals surface area contributed by atoms with Gasteiger partial charge in [0.2, 0.25) is 18.1 Å². The zero-order chi connectivity index (χ0) is 13.4. The predicted molar refractivity (Wildman–Crippen MR) is 54.6 cm³/mol. The summed E-state index contributed by atoms with van der Waals surface area (Å²) < 4.78 is 0. The van der Waals surface area contributed by atoms with Crippen molar-refractivity contribution >= 4 is 24.1 Å². The standard InChI is InChI=1S/C9H13N2O6/c1-5(14)10-7(4-13)9(17)11-6(3-12)2-8(15)16/h6-7,13H,2,4H2,1H3,(H,10,14)(H,11,17)(H,15,16)/t6-,7-/m0/s1. The first-order chi connectivity index (χ1) is 7.90. The Kier molecular flexibility index (Phi) is 6.49. The van der Waals surface area contributed by atoms with Gasteiger partial charge in [0.15, 0.2) is 0 Å². The highest BCUT2D eigenvalue weighted by molar-refractivity contribution is 5.89. The van der Waals surface area contributed by atoms with Crippen LogP contribution in [0.3, 0.4) is 0 Å². The van der Waals surface area contributed by atoms with Crippen LogP contribution in [0.1, 0.15) is 13.3 Å². The minimum Gasteiger partial charge on any atom is -0.481 e. The Morgan fingerprint density at radius 2 is 1.88 bits per heavy atom. The van der Waals surface area contributed by atoms with Gasteiger partial charge in [-0.2, -0.15) is 0 Å². The van der Waals surface area contributed by atoms with Crippen molar-refractivity contribution in [2.24, 2.45) is 0 Å². The van der Waals surface area contributed by atoms with Crippen LogP contribution in [0.15, 0.2) is 0 Å². The molecule has 2 amide bonds. The molecule has 8 nitrogen and oxygen atoms in total. The quantitative estimate of drug-likeness (QED) is 0.393. The number of aliphatic hydroxyl groups excluding tert-OH is 1. The van der Waals surface area contributed by atoms with Gasteiger partial charge in [-0.25, -0.2) is 0 Å². The average Bonchev–Trinajstić information content (AvgIpc) is 2.23. The Balaban J connectivity index is 4.41. The second kappa shape index (κ2) is 7.34. The molecule has 0 rings (SSSR count). The summed E-state index contributed by atoms with van der Waals surface area (Å²) in [6.07, 6.45) is 0.722. The second-order valence-corrected chi connectivity index (χ2v) is 3.21. The smallest absolute Gasteiger partial charge is 0.305 e. The third kappa shape index (κ3) is 6.25. The van der Waals surface area contributed by atoms with E-state index in [0.717, 1.165) is 6.92 Å². The molecule has 0 aromatic heterocycles. The number of carboxylic acid groups (broad SMARTS) is 1. The number of carbonyl (C=O) groups excluding carboxylic acids is 3. The molecule has 0 saturated heterocycles. The van der Waals surface area contributed by atoms with Crippen molar-refractivity contribution in [2.75, 3.05) is 6.61 Å². The van der Waals surface area contributed by atoms with Gasteiger partial charge in [0, 0.05) is 6.92 Å². The Morgan fingerprint density at radius 1 is 1.29 bits per heavy atom. The molecule has 0 aliphatic heterocycles. The molecule has 0 heterocycles. The van der Waals surface area contributed by atoms with Crippen LogP contribution in [0.4, 0.5) is 0 Å². The van der Waals surface area contributed by atoms with Crippen molar-refractivity contribution in [2.45, 2.75) is 25.4 Å². The maximum Gasteiger partial charge on any atom is 0.305 e. The molecule has 0 saturated carbocycles. The van der Waals surface area contributed by atoms with E-state index in [1.807, 2.05) is 5.32 Å². The first-order valence-electron chi connectivity index (χ1n) is 4.68. The van der Waals surface area contributed by atoms with Crippen LogP contribution >= 0.6 is 0 Å². The van der Waals surface area contributed by atoms with Crippen LogP contribution < -0.4 is 10.6 Å². The molecule has 4 N–H and O–H groups in total. The van der Waals surface area contributed by atoms with Crippen molar-refractivity contribution in [3.63, 3.8) is 0 Å². The van der Waals surface area contributed by atoms with Crippen LogP contribution in [0.2, 0.25) is 0 Å². The number of rotatable bonds is 7. The van der Waals surface area contributed by atoms with Crippen LogP contribution in [0.5, 0.6) is 0 Å². The number of nitrogens with one attached hydrogen (secondary N) is 2. The largest absolute Gasteiger partial charge is 0.481 e. The third-order valence-corrected chi connectivity index (χ3v) is 1.71. The molecule has 0 aromatic carbocycles. The summed E-state index contributed by atoms with van der Waals surface area (Å²) in [6, 6.07) is -2.54. The number of aliphatic carboxylic acids is 1. The summed E-state index contributed by atoms with van der Waals surface area (Å²) in [5.41, 5.74) is 0. The maximum absolute atomic E-state index is 11.4. The van der Waals surface area contributed by atoms with Gasteiger partial charge in [-0.15, -0.1) is 0 Å². The minimum atomic E-state index is -1.32. The van der Waals surface area contributed by atoms with E-state index in [2.05, 4.69) is 5.32 Å². The van der Waals surface area contributed by atoms with Gasteiger partial charge >= 0.3 is 5.97 Å². The van der Waals surface area contributed by atoms with Crippen LogP contribution in [-0.4, -0.2) is 53.0 Å². The Bertz CT molecular complexity index is 317. The van der Waals surface area contributed by atoms with Crippen molar-refractivity contribution < 1.29 is 29.4 Å². The predicted octanol–water partition coefficient (Wildman–Crippen LogP) is -2.45. The normalized spacial score (nSPS) is 13.3. The van der Waals surface area contributed by atoms with E-state index in [-0.39, 0.29) is 0 Å². The molecular formula is C9H13N2O6. The summed E-state index contributed by atoms with van der Waals surface area (Å²) in [5.74, 6) is -2.67. The molecule has 0 aromatic rings. The first kappa shape index (κ1) is 15.0. The van der Waals surface area contributed by atoms with E-state index in [0.29, 0.717) is 0 Å². The van der Waals surface area contributed by atoms with Crippen molar-refractivity contribution in [1.82, 2.24) is 10.6 Å². The topological polar surface area (TPSA) is 133 Å². The number of aliphatic hydroxyl groups is 1. The van der Waals surface area contributed by atoms with E-state index in [4.69, 9.17) is 10.2 Å². The Labute approximate surface area is 97.0 Å². The van der Waals surface area contributed by atoms with Gasteiger partial charge in [0.1, 0.15) is 12.1 Å². The van der Waals surface area contributed by atoms with Crippen molar-refractivity contribution in [3.05, 3.63) is 0 Å². The number of carbonyl (C=O) groups is 3. The summed E-state index contributed by atoms with van der Waals surface area (Å²) in [4.78, 5) is 42.8. The highest BCUT2D eigenvalue weighted by Crippen LogP contribution is 1.91. The van der Waals surface area contributed by atoms with Gasteiger partial charge < -0.3 is 20.8 Å². The zero-order valence-electron chi connectivity index (χ0n) is 9.10. The monoisotopic (exact) mass is 245 g/mol. The number of carboxylic acids is 1. The molecule has 95 valence electrons. The first-order valence-corrected chi connectivity index (χ1v) is 4.68. The fourth-order valence-electron chi connectivity index (χ4n) is 1.01. The lowest BCUT2D eigenvalue weighted by atomic mass is 10.2. The lowest BCUT2D eigenvalue weighted by Gasteiger charge is -2.17. The minimum absolute atomic E-state index is 0.538. The van der Waals surface area contributed by atoms with Crippen molar-refractivity contribution in [3.8, 4) is 0 Å². The number of hydrogen-bond acceptors (Lipinski definition) is 5. The molecular weight excluding hydrogens is 232 g/mol. The molecule has 0 unspecified atom stereocenters.